The van der Waals surface area contributed by atoms with E-state index in [-0.39, 0.29) is 0 Å². The molecule has 14 heavy (non-hydrogen) atoms. The van der Waals surface area contributed by atoms with Crippen molar-refractivity contribution in [3.05, 3.63) is 12.7 Å². The van der Waals surface area contributed by atoms with Gasteiger partial charge >= 0.3 is 0 Å². The second kappa shape index (κ2) is 4.94. The zero-order valence-corrected chi connectivity index (χ0v) is 9.12. The monoisotopic (exact) mass is 194 g/mol. The molecule has 0 aromatic heterocycles. The fourth-order valence-electron chi connectivity index (χ4n) is 2.80. The van der Waals surface area contributed by atoms with E-state index in [1.54, 1.807) is 0 Å². The maximum atomic E-state index is 3.83. The topological polar surface area (TPSA) is 6.48 Å². The van der Waals surface area contributed by atoms with Crippen molar-refractivity contribution in [2.24, 2.45) is 0 Å². The Labute approximate surface area is 87.6 Å². The molecular weight excluding hydrogens is 172 g/mol. The van der Waals surface area contributed by atoms with Gasteiger partial charge in [-0.15, -0.1) is 6.58 Å². The highest BCUT2D eigenvalue weighted by Gasteiger charge is 2.26. The lowest BCUT2D eigenvalue weighted by atomic mass is 10.0. The number of hydrogen-bond donors (Lipinski definition) is 0. The molecule has 1 atom stereocenters. The van der Waals surface area contributed by atoms with Crippen LogP contribution in [0.2, 0.25) is 0 Å². The maximum absolute atomic E-state index is 3.83. The summed E-state index contributed by atoms with van der Waals surface area (Å²) in [5, 5.41) is 0. The Morgan fingerprint density at radius 2 is 2.00 bits per heavy atom. The lowest BCUT2D eigenvalue weighted by Crippen LogP contribution is -2.43. The average Bonchev–Trinajstić information content (AvgIpc) is 2.40. The number of fused-ring (bicyclic) bond motifs is 1. The fraction of sp³-hybridized carbons (Fsp3) is 0.833. The lowest BCUT2D eigenvalue weighted by molar-refractivity contribution is 0.140. The number of piperidine rings is 1. The molecule has 0 saturated carbocycles. The maximum Gasteiger partial charge on any atom is 0.0223 e. The highest BCUT2D eigenvalue weighted by atomic mass is 15.2. The first kappa shape index (κ1) is 10.2. The van der Waals surface area contributed by atoms with Gasteiger partial charge in [-0.05, 0) is 38.9 Å². The summed E-state index contributed by atoms with van der Waals surface area (Å²) in [6.07, 6.45) is 7.64. The summed E-state index contributed by atoms with van der Waals surface area (Å²) >= 11 is 0. The Hall–Kier alpha value is -0.340. The third-order valence-electron chi connectivity index (χ3n) is 3.52. The van der Waals surface area contributed by atoms with Crippen molar-refractivity contribution >= 4 is 0 Å². The van der Waals surface area contributed by atoms with Crippen molar-refractivity contribution in [1.29, 1.82) is 0 Å². The molecule has 0 spiro atoms. The SMILES string of the molecule is C=CCN1CCCN2CCCCC2C1. The van der Waals surface area contributed by atoms with E-state index < -0.39 is 0 Å². The fourth-order valence-corrected chi connectivity index (χ4v) is 2.80. The molecule has 0 aromatic rings. The average molecular weight is 194 g/mol. The summed E-state index contributed by atoms with van der Waals surface area (Å²) in [7, 11) is 0. The van der Waals surface area contributed by atoms with E-state index in [0.29, 0.717) is 0 Å². The van der Waals surface area contributed by atoms with E-state index in [2.05, 4.69) is 16.4 Å². The highest BCUT2D eigenvalue weighted by Crippen LogP contribution is 2.20. The van der Waals surface area contributed by atoms with Crippen molar-refractivity contribution in [3.63, 3.8) is 0 Å². The molecule has 2 heteroatoms. The first-order valence-corrected chi connectivity index (χ1v) is 5.97. The van der Waals surface area contributed by atoms with Crippen LogP contribution in [-0.4, -0.2) is 48.6 Å². The van der Waals surface area contributed by atoms with E-state index >= 15 is 0 Å². The summed E-state index contributed by atoms with van der Waals surface area (Å²) in [6.45, 7) is 10.1. The number of nitrogens with zero attached hydrogens (tertiary/aromatic N) is 2. The lowest BCUT2D eigenvalue weighted by Gasteiger charge is -2.35. The molecule has 0 radical (unpaired) electrons. The third-order valence-corrected chi connectivity index (χ3v) is 3.52. The van der Waals surface area contributed by atoms with Gasteiger partial charge in [-0.25, -0.2) is 0 Å². The molecule has 0 aliphatic carbocycles. The van der Waals surface area contributed by atoms with Gasteiger partial charge in [0.2, 0.25) is 0 Å². The quantitative estimate of drug-likeness (QED) is 0.618. The van der Waals surface area contributed by atoms with Crippen LogP contribution in [0.25, 0.3) is 0 Å². The van der Waals surface area contributed by atoms with Gasteiger partial charge in [0.1, 0.15) is 0 Å². The molecule has 0 amide bonds. The van der Waals surface area contributed by atoms with Crippen LogP contribution >= 0.6 is 0 Å². The molecule has 0 N–H and O–H groups in total. The summed E-state index contributed by atoms with van der Waals surface area (Å²) in [6, 6.07) is 0.839. The standard InChI is InChI=1S/C12H22N2/c1-2-7-13-8-5-10-14-9-4-3-6-12(14)11-13/h2,12H,1,3-11H2. The zero-order chi connectivity index (χ0) is 9.80. The van der Waals surface area contributed by atoms with Gasteiger partial charge < -0.3 is 0 Å². The molecule has 2 fully saturated rings. The smallest absolute Gasteiger partial charge is 0.0223 e. The van der Waals surface area contributed by atoms with Gasteiger partial charge in [-0.1, -0.05) is 12.5 Å². The van der Waals surface area contributed by atoms with Crippen molar-refractivity contribution in [2.45, 2.75) is 31.7 Å². The summed E-state index contributed by atoms with van der Waals surface area (Å²) in [4.78, 5) is 5.26. The van der Waals surface area contributed by atoms with Crippen LogP contribution in [-0.2, 0) is 0 Å². The van der Waals surface area contributed by atoms with Crippen molar-refractivity contribution in [2.75, 3.05) is 32.7 Å². The number of rotatable bonds is 2. The second-order valence-electron chi connectivity index (χ2n) is 4.59. The molecule has 2 saturated heterocycles. The van der Waals surface area contributed by atoms with E-state index in [1.807, 2.05) is 6.08 Å². The Morgan fingerprint density at radius 3 is 2.86 bits per heavy atom. The predicted octanol–water partition coefficient (Wildman–Crippen LogP) is 1.73. The minimum absolute atomic E-state index is 0.839. The highest BCUT2D eigenvalue weighted by molar-refractivity contribution is 4.85. The van der Waals surface area contributed by atoms with Gasteiger partial charge in [0, 0.05) is 19.1 Å². The van der Waals surface area contributed by atoms with Gasteiger partial charge in [0.25, 0.3) is 0 Å². The minimum Gasteiger partial charge on any atom is -0.299 e. The molecule has 80 valence electrons. The van der Waals surface area contributed by atoms with Crippen molar-refractivity contribution < 1.29 is 0 Å². The van der Waals surface area contributed by atoms with Crippen LogP contribution in [0.15, 0.2) is 12.7 Å². The van der Waals surface area contributed by atoms with E-state index in [1.165, 1.54) is 51.9 Å². The summed E-state index contributed by atoms with van der Waals surface area (Å²) in [5.41, 5.74) is 0. The summed E-state index contributed by atoms with van der Waals surface area (Å²) < 4.78 is 0. The van der Waals surface area contributed by atoms with Crippen molar-refractivity contribution in [3.8, 4) is 0 Å². The normalized spacial score (nSPS) is 30.7. The van der Waals surface area contributed by atoms with E-state index in [9.17, 15) is 0 Å². The molecule has 0 aromatic carbocycles. The largest absolute Gasteiger partial charge is 0.299 e. The first-order valence-electron chi connectivity index (χ1n) is 5.97. The molecule has 2 heterocycles. The third kappa shape index (κ3) is 2.37. The van der Waals surface area contributed by atoms with Gasteiger partial charge in [0.15, 0.2) is 0 Å². The van der Waals surface area contributed by atoms with Crippen LogP contribution in [0, 0.1) is 0 Å². The first-order chi connectivity index (χ1) is 6.90. The molecular formula is C12H22N2. The van der Waals surface area contributed by atoms with E-state index in [0.717, 1.165) is 12.6 Å². The molecule has 2 nitrogen and oxygen atoms in total. The van der Waals surface area contributed by atoms with Gasteiger partial charge in [0.05, 0.1) is 0 Å². The Balaban J connectivity index is 1.92. The van der Waals surface area contributed by atoms with Crippen LogP contribution in [0.1, 0.15) is 25.7 Å². The Morgan fingerprint density at radius 1 is 1.14 bits per heavy atom. The van der Waals surface area contributed by atoms with Crippen LogP contribution < -0.4 is 0 Å². The van der Waals surface area contributed by atoms with Gasteiger partial charge in [-0.2, -0.15) is 0 Å². The van der Waals surface area contributed by atoms with Crippen LogP contribution in [0.4, 0.5) is 0 Å². The molecule has 1 unspecified atom stereocenters. The second-order valence-corrected chi connectivity index (χ2v) is 4.59. The Bertz CT molecular complexity index is 191. The van der Waals surface area contributed by atoms with Crippen molar-refractivity contribution in [1.82, 2.24) is 9.80 Å². The minimum atomic E-state index is 0.839. The summed E-state index contributed by atoms with van der Waals surface area (Å²) in [5.74, 6) is 0. The Kier molecular flexibility index (Phi) is 3.60. The molecule has 0 bridgehead atoms. The zero-order valence-electron chi connectivity index (χ0n) is 9.12. The molecule has 2 aliphatic heterocycles. The molecule has 2 rings (SSSR count). The predicted molar refractivity (Wildman–Crippen MR) is 60.5 cm³/mol. The number of hydrogen-bond acceptors (Lipinski definition) is 2. The van der Waals surface area contributed by atoms with E-state index in [4.69, 9.17) is 0 Å². The van der Waals surface area contributed by atoms with Crippen LogP contribution in [0.3, 0.4) is 0 Å². The molecule has 2 aliphatic rings. The van der Waals surface area contributed by atoms with Crippen LogP contribution in [0.5, 0.6) is 0 Å². The van der Waals surface area contributed by atoms with Gasteiger partial charge in [-0.3, -0.25) is 9.80 Å².